The topological polar surface area (TPSA) is 42.3 Å². The lowest BCUT2D eigenvalue weighted by Gasteiger charge is -2.14. The number of aromatic nitrogens is 1. The van der Waals surface area contributed by atoms with Crippen LogP contribution in [-0.2, 0) is 6.54 Å². The van der Waals surface area contributed by atoms with Gasteiger partial charge in [-0.15, -0.1) is 0 Å². The maximum Gasteiger partial charge on any atom is 0.152 e. The molecular formula is C15H18N2O2. The van der Waals surface area contributed by atoms with Crippen LogP contribution < -0.4 is 0 Å². The van der Waals surface area contributed by atoms with Crippen LogP contribution in [0.1, 0.15) is 27.1 Å². The second-order valence-electron chi connectivity index (χ2n) is 4.96. The van der Waals surface area contributed by atoms with Crippen molar-refractivity contribution in [2.24, 2.45) is 0 Å². The van der Waals surface area contributed by atoms with Gasteiger partial charge >= 0.3 is 0 Å². The number of fused-ring (bicyclic) bond motifs is 1. The lowest BCUT2D eigenvalue weighted by molar-refractivity contribution is 0.111. The van der Waals surface area contributed by atoms with E-state index in [-0.39, 0.29) is 0 Å². The summed E-state index contributed by atoms with van der Waals surface area (Å²) in [6, 6.07) is 3.59. The SMILES string of the molecule is CN(C)CCCn1cc(C=O)c2ccc(C=O)c-2c1. The monoisotopic (exact) mass is 258 g/mol. The average Bonchev–Trinajstić information content (AvgIpc) is 2.80. The van der Waals surface area contributed by atoms with Gasteiger partial charge in [0.2, 0.25) is 0 Å². The van der Waals surface area contributed by atoms with Crippen molar-refractivity contribution in [2.45, 2.75) is 13.0 Å². The fourth-order valence-corrected chi connectivity index (χ4v) is 2.25. The summed E-state index contributed by atoms with van der Waals surface area (Å²) in [5, 5.41) is 0. The Balaban J connectivity index is 2.30. The third-order valence-corrected chi connectivity index (χ3v) is 3.22. The first-order valence-electron chi connectivity index (χ1n) is 6.33. The second kappa shape index (κ2) is 5.80. The van der Waals surface area contributed by atoms with Gasteiger partial charge in [-0.1, -0.05) is 12.1 Å². The van der Waals surface area contributed by atoms with Crippen molar-refractivity contribution < 1.29 is 9.59 Å². The maximum absolute atomic E-state index is 11.1. The highest BCUT2D eigenvalue weighted by Crippen LogP contribution is 2.29. The van der Waals surface area contributed by atoms with Crippen molar-refractivity contribution in [3.05, 3.63) is 35.7 Å². The molecule has 0 unspecified atom stereocenters. The van der Waals surface area contributed by atoms with Crippen molar-refractivity contribution in [3.8, 4) is 11.1 Å². The second-order valence-corrected chi connectivity index (χ2v) is 4.96. The summed E-state index contributed by atoms with van der Waals surface area (Å²) >= 11 is 0. The number of hydrogen-bond acceptors (Lipinski definition) is 3. The minimum atomic E-state index is 0.635. The van der Waals surface area contributed by atoms with E-state index in [1.54, 1.807) is 6.07 Å². The van der Waals surface area contributed by atoms with Gasteiger partial charge in [-0.25, -0.2) is 0 Å². The molecule has 0 bridgehead atoms. The van der Waals surface area contributed by atoms with Crippen molar-refractivity contribution in [3.63, 3.8) is 0 Å². The summed E-state index contributed by atoms with van der Waals surface area (Å²) in [4.78, 5) is 24.3. The van der Waals surface area contributed by atoms with E-state index >= 15 is 0 Å². The molecule has 0 saturated heterocycles. The van der Waals surface area contributed by atoms with Gasteiger partial charge in [-0.2, -0.15) is 0 Å². The Hall–Kier alpha value is -1.94. The first kappa shape index (κ1) is 13.5. The molecule has 0 aromatic carbocycles. The van der Waals surface area contributed by atoms with E-state index in [0.29, 0.717) is 11.1 Å². The lowest BCUT2D eigenvalue weighted by atomic mass is 10.1. The molecule has 1 heterocycles. The van der Waals surface area contributed by atoms with Gasteiger partial charge in [0.25, 0.3) is 0 Å². The number of nitrogens with zero attached hydrogens (tertiary/aromatic N) is 2. The minimum Gasteiger partial charge on any atom is -0.353 e. The van der Waals surface area contributed by atoms with Crippen LogP contribution in [0.25, 0.3) is 11.1 Å². The number of aryl methyl sites for hydroxylation is 1. The predicted molar refractivity (Wildman–Crippen MR) is 75.0 cm³/mol. The first-order valence-corrected chi connectivity index (χ1v) is 6.33. The molecule has 2 rings (SSSR count). The molecule has 0 radical (unpaired) electrons. The summed E-state index contributed by atoms with van der Waals surface area (Å²) in [7, 11) is 4.07. The molecule has 0 fully saturated rings. The Labute approximate surface area is 113 Å². The summed E-state index contributed by atoms with van der Waals surface area (Å²) in [6.07, 6.45) is 6.47. The summed E-state index contributed by atoms with van der Waals surface area (Å²) in [6.45, 7) is 1.82. The van der Waals surface area contributed by atoms with Crippen molar-refractivity contribution in [1.29, 1.82) is 0 Å². The van der Waals surface area contributed by atoms with E-state index in [2.05, 4.69) is 4.90 Å². The minimum absolute atomic E-state index is 0.635. The van der Waals surface area contributed by atoms with Crippen LogP contribution in [0.4, 0.5) is 0 Å². The summed E-state index contributed by atoms with van der Waals surface area (Å²) in [5.41, 5.74) is 2.97. The van der Waals surface area contributed by atoms with Crippen LogP contribution in [0, 0.1) is 0 Å². The number of pyridine rings is 1. The van der Waals surface area contributed by atoms with Gasteiger partial charge in [-0.3, -0.25) is 9.59 Å². The van der Waals surface area contributed by atoms with Crippen LogP contribution >= 0.6 is 0 Å². The molecular weight excluding hydrogens is 240 g/mol. The Morgan fingerprint density at radius 2 is 1.79 bits per heavy atom. The van der Waals surface area contributed by atoms with Gasteiger partial charge in [0, 0.05) is 35.6 Å². The number of carbonyl (C=O) groups excluding carboxylic acids is 2. The summed E-state index contributed by atoms with van der Waals surface area (Å²) in [5.74, 6) is 0. The molecule has 2 aliphatic rings. The van der Waals surface area contributed by atoms with Crippen molar-refractivity contribution >= 4 is 12.6 Å². The van der Waals surface area contributed by atoms with Crippen molar-refractivity contribution in [1.82, 2.24) is 9.47 Å². The third kappa shape index (κ3) is 2.90. The highest BCUT2D eigenvalue weighted by molar-refractivity contribution is 5.96. The fourth-order valence-electron chi connectivity index (χ4n) is 2.25. The number of carbonyl (C=O) groups is 2. The molecule has 4 nitrogen and oxygen atoms in total. The van der Waals surface area contributed by atoms with E-state index in [9.17, 15) is 9.59 Å². The molecule has 0 amide bonds. The lowest BCUT2D eigenvalue weighted by Crippen LogP contribution is -2.15. The molecule has 0 aromatic rings. The normalized spacial score (nSPS) is 11.1. The molecule has 0 N–H and O–H groups in total. The van der Waals surface area contributed by atoms with E-state index in [1.807, 2.05) is 37.1 Å². The van der Waals surface area contributed by atoms with Gasteiger partial charge in [-0.05, 0) is 32.6 Å². The van der Waals surface area contributed by atoms with E-state index in [1.165, 1.54) is 0 Å². The van der Waals surface area contributed by atoms with Crippen LogP contribution in [0.5, 0.6) is 0 Å². The summed E-state index contributed by atoms with van der Waals surface area (Å²) < 4.78 is 1.99. The first-order chi connectivity index (χ1) is 9.15. The molecule has 0 spiro atoms. The van der Waals surface area contributed by atoms with E-state index in [4.69, 9.17) is 0 Å². The van der Waals surface area contributed by atoms with E-state index < -0.39 is 0 Å². The van der Waals surface area contributed by atoms with Gasteiger partial charge in [0.05, 0.1) is 0 Å². The maximum atomic E-state index is 11.1. The zero-order chi connectivity index (χ0) is 13.8. The zero-order valence-corrected chi connectivity index (χ0v) is 11.3. The van der Waals surface area contributed by atoms with Crippen molar-refractivity contribution in [2.75, 3.05) is 20.6 Å². The Kier molecular flexibility index (Phi) is 4.12. The molecule has 1 aliphatic heterocycles. The molecule has 0 saturated carbocycles. The highest BCUT2D eigenvalue weighted by Gasteiger charge is 2.14. The Morgan fingerprint density at radius 3 is 2.42 bits per heavy atom. The molecule has 0 atom stereocenters. The molecule has 4 heteroatoms. The van der Waals surface area contributed by atoms with Crippen LogP contribution in [0.15, 0.2) is 24.5 Å². The molecule has 100 valence electrons. The van der Waals surface area contributed by atoms with Gasteiger partial charge < -0.3 is 9.47 Å². The van der Waals surface area contributed by atoms with Gasteiger partial charge in [0.1, 0.15) is 0 Å². The number of aldehydes is 2. The highest BCUT2D eigenvalue weighted by atomic mass is 16.1. The Bertz CT molecular complexity index is 558. The van der Waals surface area contributed by atoms with Gasteiger partial charge in [0.15, 0.2) is 12.6 Å². The van der Waals surface area contributed by atoms with Crippen LogP contribution in [0.2, 0.25) is 0 Å². The number of hydrogen-bond donors (Lipinski definition) is 0. The number of rotatable bonds is 6. The Morgan fingerprint density at radius 1 is 1.05 bits per heavy atom. The fraction of sp³-hybridized carbons (Fsp3) is 0.333. The molecule has 19 heavy (non-hydrogen) atoms. The zero-order valence-electron chi connectivity index (χ0n) is 11.3. The van der Waals surface area contributed by atoms with E-state index in [0.717, 1.165) is 43.2 Å². The van der Waals surface area contributed by atoms with Crippen LogP contribution in [0.3, 0.4) is 0 Å². The molecule has 1 aliphatic carbocycles. The largest absolute Gasteiger partial charge is 0.353 e. The standard InChI is InChI=1S/C15H18N2O2/c1-16(2)6-3-7-17-8-13(11-19)14-5-4-12(10-18)15(14)9-17/h4-5,8-11H,3,6-7H2,1-2H3. The third-order valence-electron chi connectivity index (χ3n) is 3.22. The average molecular weight is 258 g/mol. The smallest absolute Gasteiger partial charge is 0.152 e. The molecule has 0 aromatic heterocycles. The van der Waals surface area contributed by atoms with Crippen LogP contribution in [-0.4, -0.2) is 42.7 Å². The quantitative estimate of drug-likeness (QED) is 0.746. The predicted octanol–water partition coefficient (Wildman–Crippen LogP) is 2.17.